The number of methoxy groups -OCH3 is 1. The van der Waals surface area contributed by atoms with Gasteiger partial charge in [-0.3, -0.25) is 0 Å². The number of amides is 2. The second kappa shape index (κ2) is 7.99. The average molecular weight is 341 g/mol. The molecule has 5 nitrogen and oxygen atoms in total. The number of nitrogens with one attached hydrogen (secondary N) is 1. The number of hydrogen-bond acceptors (Lipinski definition) is 3. The van der Waals surface area contributed by atoms with Crippen LogP contribution in [0.4, 0.5) is 4.79 Å². The minimum absolute atomic E-state index is 0.0737. The van der Waals surface area contributed by atoms with Crippen molar-refractivity contribution in [3.8, 4) is 0 Å². The van der Waals surface area contributed by atoms with Crippen LogP contribution in [0.5, 0.6) is 0 Å². The normalized spacial score (nSPS) is 18.5. The first kappa shape index (κ1) is 18.0. The van der Waals surface area contributed by atoms with Crippen LogP contribution in [0.3, 0.4) is 0 Å². The molecular formula is C17H25ClN2O3. The predicted molar refractivity (Wildman–Crippen MR) is 90.6 cm³/mol. The van der Waals surface area contributed by atoms with Crippen LogP contribution in [0, 0.1) is 5.41 Å². The van der Waals surface area contributed by atoms with Gasteiger partial charge in [0.25, 0.3) is 0 Å². The molecule has 0 aliphatic carbocycles. The van der Waals surface area contributed by atoms with Crippen LogP contribution in [0.2, 0.25) is 5.02 Å². The predicted octanol–water partition coefficient (Wildman–Crippen LogP) is 2.83. The summed E-state index contributed by atoms with van der Waals surface area (Å²) in [6, 6.07) is 7.08. The van der Waals surface area contributed by atoms with Gasteiger partial charge in [0, 0.05) is 31.8 Å². The maximum absolute atomic E-state index is 12.5. The third-order valence-corrected chi connectivity index (χ3v) is 4.76. The van der Waals surface area contributed by atoms with Crippen molar-refractivity contribution in [3.63, 3.8) is 0 Å². The molecule has 1 aliphatic heterocycles. The molecule has 1 aromatic carbocycles. The van der Waals surface area contributed by atoms with Crippen LogP contribution in [-0.2, 0) is 4.74 Å². The van der Waals surface area contributed by atoms with Gasteiger partial charge in [0.05, 0.1) is 12.6 Å². The van der Waals surface area contributed by atoms with E-state index in [2.05, 4.69) is 12.2 Å². The van der Waals surface area contributed by atoms with Crippen molar-refractivity contribution in [2.75, 3.05) is 33.4 Å². The van der Waals surface area contributed by atoms with Crippen molar-refractivity contribution in [1.29, 1.82) is 0 Å². The summed E-state index contributed by atoms with van der Waals surface area (Å²) < 4.78 is 5.23. The molecule has 1 fully saturated rings. The van der Waals surface area contributed by atoms with Gasteiger partial charge < -0.3 is 20.1 Å². The van der Waals surface area contributed by atoms with Gasteiger partial charge in [-0.1, -0.05) is 30.7 Å². The lowest BCUT2D eigenvalue weighted by Gasteiger charge is -2.38. The van der Waals surface area contributed by atoms with Crippen molar-refractivity contribution in [1.82, 2.24) is 10.2 Å². The molecule has 1 aliphatic rings. The number of carbonyl (C=O) groups is 1. The number of benzene rings is 1. The number of nitrogens with zero attached hydrogens (tertiary/aromatic N) is 1. The summed E-state index contributed by atoms with van der Waals surface area (Å²) in [4.78, 5) is 14.3. The number of aliphatic hydroxyl groups is 1. The third-order valence-electron chi connectivity index (χ3n) is 4.52. The Labute approximate surface area is 142 Å². The molecular weight excluding hydrogens is 316 g/mol. The molecule has 0 saturated carbocycles. The summed E-state index contributed by atoms with van der Waals surface area (Å²) in [6.45, 7) is 3.91. The largest absolute Gasteiger partial charge is 0.396 e. The molecule has 0 aromatic heterocycles. The van der Waals surface area contributed by atoms with Crippen LogP contribution in [0.15, 0.2) is 24.3 Å². The van der Waals surface area contributed by atoms with Gasteiger partial charge in [-0.2, -0.15) is 0 Å². The lowest BCUT2D eigenvalue weighted by atomic mass is 9.81. The quantitative estimate of drug-likeness (QED) is 0.866. The Kier molecular flexibility index (Phi) is 6.27. The first-order valence-corrected chi connectivity index (χ1v) is 8.26. The monoisotopic (exact) mass is 340 g/mol. The molecule has 2 N–H and O–H groups in total. The molecule has 0 radical (unpaired) electrons. The highest BCUT2D eigenvalue weighted by Gasteiger charge is 2.31. The van der Waals surface area contributed by atoms with Gasteiger partial charge in [0.2, 0.25) is 0 Å². The number of hydrogen-bond donors (Lipinski definition) is 2. The van der Waals surface area contributed by atoms with E-state index in [9.17, 15) is 9.90 Å². The van der Waals surface area contributed by atoms with Crippen LogP contribution in [-0.4, -0.2) is 49.5 Å². The molecule has 1 aromatic rings. The molecule has 0 spiro atoms. The van der Waals surface area contributed by atoms with Crippen LogP contribution in [0.25, 0.3) is 0 Å². The van der Waals surface area contributed by atoms with Gasteiger partial charge in [-0.15, -0.1) is 0 Å². The number of rotatable bonds is 5. The Morgan fingerprint density at radius 1 is 1.48 bits per heavy atom. The third kappa shape index (κ3) is 4.83. The molecule has 128 valence electrons. The van der Waals surface area contributed by atoms with Crippen molar-refractivity contribution in [2.24, 2.45) is 5.41 Å². The van der Waals surface area contributed by atoms with Gasteiger partial charge in [0.1, 0.15) is 0 Å². The highest BCUT2D eigenvalue weighted by molar-refractivity contribution is 6.30. The Balaban J connectivity index is 1.99. The molecule has 1 saturated heterocycles. The Morgan fingerprint density at radius 3 is 2.74 bits per heavy atom. The Morgan fingerprint density at radius 2 is 2.17 bits per heavy atom. The van der Waals surface area contributed by atoms with Gasteiger partial charge in [-0.25, -0.2) is 4.79 Å². The maximum atomic E-state index is 12.5. The number of urea groups is 1. The standard InChI is InChI=1S/C17H25ClN2O3/c1-17(12-21)6-8-20(9-7-17)16(22)19-15(11-23-2)13-4-3-5-14(18)10-13/h3-5,10,15,21H,6-9,11-12H2,1-2H3,(H,19,22). The zero-order valence-corrected chi connectivity index (χ0v) is 14.5. The van der Waals surface area contributed by atoms with E-state index >= 15 is 0 Å². The van der Waals surface area contributed by atoms with E-state index in [1.54, 1.807) is 18.1 Å². The fraction of sp³-hybridized carbons (Fsp3) is 0.588. The number of aliphatic hydroxyl groups excluding tert-OH is 1. The molecule has 2 amide bonds. The van der Waals surface area contributed by atoms with Crippen LogP contribution >= 0.6 is 11.6 Å². The van der Waals surface area contributed by atoms with E-state index in [-0.39, 0.29) is 24.1 Å². The highest BCUT2D eigenvalue weighted by Crippen LogP contribution is 2.30. The van der Waals surface area contributed by atoms with Crippen molar-refractivity contribution in [2.45, 2.75) is 25.8 Å². The number of likely N-dealkylation sites (tertiary alicyclic amines) is 1. The smallest absolute Gasteiger partial charge is 0.317 e. The topological polar surface area (TPSA) is 61.8 Å². The fourth-order valence-corrected chi connectivity index (χ4v) is 2.96. The van der Waals surface area contributed by atoms with E-state index < -0.39 is 0 Å². The summed E-state index contributed by atoms with van der Waals surface area (Å²) in [7, 11) is 1.61. The first-order chi connectivity index (χ1) is 11.0. The summed E-state index contributed by atoms with van der Waals surface area (Å²) in [5.41, 5.74) is 0.847. The van der Waals surface area contributed by atoms with Gasteiger partial charge in [0.15, 0.2) is 0 Å². The SMILES string of the molecule is COCC(NC(=O)N1CCC(C)(CO)CC1)c1cccc(Cl)c1. The summed E-state index contributed by atoms with van der Waals surface area (Å²) in [5, 5.41) is 13.1. The van der Waals surface area contributed by atoms with E-state index in [4.69, 9.17) is 16.3 Å². The van der Waals surface area contributed by atoms with Crippen molar-refractivity contribution < 1.29 is 14.6 Å². The minimum Gasteiger partial charge on any atom is -0.396 e. The van der Waals surface area contributed by atoms with Crippen LogP contribution in [0.1, 0.15) is 31.4 Å². The molecule has 2 rings (SSSR count). The number of piperidine rings is 1. The lowest BCUT2D eigenvalue weighted by Crippen LogP contribution is -2.48. The molecule has 6 heteroatoms. The van der Waals surface area contributed by atoms with Gasteiger partial charge >= 0.3 is 6.03 Å². The highest BCUT2D eigenvalue weighted by atomic mass is 35.5. The van der Waals surface area contributed by atoms with E-state index in [0.29, 0.717) is 24.7 Å². The van der Waals surface area contributed by atoms with Crippen LogP contribution < -0.4 is 5.32 Å². The summed E-state index contributed by atoms with van der Waals surface area (Å²) >= 11 is 6.03. The molecule has 1 heterocycles. The Bertz CT molecular complexity index is 530. The fourth-order valence-electron chi connectivity index (χ4n) is 2.76. The van der Waals surface area contributed by atoms with E-state index in [1.165, 1.54) is 0 Å². The second-order valence-corrected chi connectivity index (χ2v) is 6.90. The second-order valence-electron chi connectivity index (χ2n) is 6.47. The zero-order chi connectivity index (χ0) is 16.9. The Hall–Kier alpha value is -1.30. The zero-order valence-electron chi connectivity index (χ0n) is 13.7. The summed E-state index contributed by atoms with van der Waals surface area (Å²) in [5.74, 6) is 0. The molecule has 1 atom stereocenters. The number of ether oxygens (including phenoxy) is 1. The molecule has 23 heavy (non-hydrogen) atoms. The number of carbonyl (C=O) groups excluding carboxylic acids is 1. The summed E-state index contributed by atoms with van der Waals surface area (Å²) in [6.07, 6.45) is 1.62. The van der Waals surface area contributed by atoms with Crippen molar-refractivity contribution >= 4 is 17.6 Å². The van der Waals surface area contributed by atoms with Crippen molar-refractivity contribution in [3.05, 3.63) is 34.9 Å². The first-order valence-electron chi connectivity index (χ1n) is 7.88. The van der Waals surface area contributed by atoms with Gasteiger partial charge in [-0.05, 0) is 36.0 Å². The molecule has 1 unspecified atom stereocenters. The number of halogens is 1. The van der Waals surface area contributed by atoms with E-state index in [0.717, 1.165) is 18.4 Å². The molecule has 0 bridgehead atoms. The van der Waals surface area contributed by atoms with E-state index in [1.807, 2.05) is 18.2 Å². The minimum atomic E-state index is -0.239. The average Bonchev–Trinajstić information content (AvgIpc) is 2.55. The lowest BCUT2D eigenvalue weighted by molar-refractivity contribution is 0.0681. The maximum Gasteiger partial charge on any atom is 0.317 e.